The second kappa shape index (κ2) is 9.38. The number of allylic oxidation sites excluding steroid dienone is 6. The maximum atomic E-state index is 13.7. The van der Waals surface area contributed by atoms with Crippen molar-refractivity contribution < 1.29 is 19.4 Å². The first kappa shape index (κ1) is 24.3. The van der Waals surface area contributed by atoms with Crippen molar-refractivity contribution >= 4 is 27.5 Å². The van der Waals surface area contributed by atoms with Crippen LogP contribution in [0.1, 0.15) is 23.9 Å². The molecule has 0 amide bonds. The number of rotatable bonds is 5. The van der Waals surface area contributed by atoms with Crippen LogP contribution < -0.4 is 16.1 Å². The van der Waals surface area contributed by atoms with Crippen molar-refractivity contribution in [2.75, 3.05) is 13.2 Å². The number of hydrogen-bond donors (Lipinski definition) is 1. The fraction of sp³-hybridized carbons (Fsp3) is 0.214. The van der Waals surface area contributed by atoms with Crippen LogP contribution in [0.5, 0.6) is 5.75 Å². The Morgan fingerprint density at radius 1 is 0.974 bits per heavy atom. The van der Waals surface area contributed by atoms with Gasteiger partial charge in [0.2, 0.25) is 0 Å². The number of para-hydroxylation sites is 1. The predicted molar refractivity (Wildman–Crippen MR) is 142 cm³/mol. The van der Waals surface area contributed by atoms with E-state index in [1.54, 1.807) is 42.5 Å². The van der Waals surface area contributed by atoms with E-state index >= 15 is 0 Å². The Morgan fingerprint density at radius 3 is 2.42 bits per heavy atom. The van der Waals surface area contributed by atoms with Crippen LogP contribution in [0, 0.1) is 0 Å². The summed E-state index contributed by atoms with van der Waals surface area (Å²) in [7, 11) is 0. The molecule has 9 nitrogen and oxygen atoms in total. The molecule has 2 heterocycles. The Hall–Kier alpha value is -4.02. The fourth-order valence-electron chi connectivity index (χ4n) is 5.58. The lowest BCUT2D eigenvalue weighted by Gasteiger charge is -2.39. The predicted octanol–water partition coefficient (Wildman–Crippen LogP) is 2.57. The number of aromatic nitrogens is 3. The number of fused-ring (bicyclic) bond motifs is 3. The molecule has 2 atom stereocenters. The molecule has 0 fully saturated rings. The normalized spacial score (nSPS) is 20.4. The van der Waals surface area contributed by atoms with E-state index in [-0.39, 0.29) is 42.2 Å². The Bertz CT molecular complexity index is 1690. The van der Waals surface area contributed by atoms with Crippen LogP contribution in [0.3, 0.4) is 0 Å². The molecule has 2 aliphatic carbocycles. The lowest BCUT2D eigenvalue weighted by Crippen LogP contribution is -2.40. The summed E-state index contributed by atoms with van der Waals surface area (Å²) in [6.45, 7) is 0.181. The fourth-order valence-corrected chi connectivity index (χ4v) is 6.02. The van der Waals surface area contributed by atoms with Gasteiger partial charge in [0.1, 0.15) is 12.4 Å². The monoisotopic (exact) mass is 575 g/mol. The zero-order chi connectivity index (χ0) is 26.6. The minimum Gasteiger partial charge on any atom is -0.491 e. The maximum Gasteiger partial charge on any atom is 0.352 e. The van der Waals surface area contributed by atoms with Crippen molar-refractivity contribution in [2.45, 2.75) is 24.9 Å². The Labute approximate surface area is 224 Å². The van der Waals surface area contributed by atoms with Gasteiger partial charge in [-0.1, -0.05) is 36.4 Å². The first-order chi connectivity index (χ1) is 18.4. The number of ketones is 2. The van der Waals surface area contributed by atoms with E-state index in [1.807, 2.05) is 18.2 Å². The van der Waals surface area contributed by atoms with Gasteiger partial charge in [-0.2, -0.15) is 0 Å². The van der Waals surface area contributed by atoms with Gasteiger partial charge in [0, 0.05) is 29.6 Å². The molecule has 6 rings (SSSR count). The number of aliphatic hydroxyl groups is 1. The molecular formula is C28H22BrN3O6. The Kier molecular flexibility index (Phi) is 6.00. The van der Waals surface area contributed by atoms with E-state index in [0.29, 0.717) is 22.6 Å². The minimum atomic E-state index is -0.627. The van der Waals surface area contributed by atoms with E-state index in [0.717, 1.165) is 15.7 Å². The molecule has 2 aromatic carbocycles. The molecule has 1 N–H and O–H groups in total. The van der Waals surface area contributed by atoms with E-state index < -0.39 is 23.3 Å². The summed E-state index contributed by atoms with van der Waals surface area (Å²) < 4.78 is 9.59. The largest absolute Gasteiger partial charge is 0.491 e. The zero-order valence-corrected chi connectivity index (χ0v) is 21.6. The van der Waals surface area contributed by atoms with Crippen LogP contribution in [0.2, 0.25) is 0 Å². The summed E-state index contributed by atoms with van der Waals surface area (Å²) >= 11 is 3.22. The van der Waals surface area contributed by atoms with Crippen LogP contribution >= 0.6 is 15.9 Å². The topological polar surface area (TPSA) is 113 Å². The molecule has 10 heteroatoms. The van der Waals surface area contributed by atoms with Crippen LogP contribution in [0.4, 0.5) is 0 Å². The average Bonchev–Trinajstić information content (AvgIpc) is 3.19. The summed E-state index contributed by atoms with van der Waals surface area (Å²) in [6, 6.07) is 15.2. The quantitative estimate of drug-likeness (QED) is 0.369. The van der Waals surface area contributed by atoms with Crippen LogP contribution in [-0.4, -0.2) is 43.8 Å². The van der Waals surface area contributed by atoms with Gasteiger partial charge in [0.05, 0.1) is 29.4 Å². The van der Waals surface area contributed by atoms with Crippen molar-refractivity contribution in [1.82, 2.24) is 13.9 Å². The number of nitrogens with zero attached hydrogens (tertiary/aromatic N) is 3. The lowest BCUT2D eigenvalue weighted by atomic mass is 9.69. The summed E-state index contributed by atoms with van der Waals surface area (Å²) in [6.07, 6.45) is 3.29. The first-order valence-electron chi connectivity index (χ1n) is 12.1. The van der Waals surface area contributed by atoms with E-state index in [1.165, 1.54) is 15.4 Å². The summed E-state index contributed by atoms with van der Waals surface area (Å²) in [5, 5.41) is 9.05. The minimum absolute atomic E-state index is 0.112. The number of ether oxygens (including phenoxy) is 1. The summed E-state index contributed by atoms with van der Waals surface area (Å²) in [5.74, 6) is -0.601. The molecule has 1 aromatic heterocycles. The molecule has 0 bridgehead atoms. The highest BCUT2D eigenvalue weighted by atomic mass is 79.9. The molecule has 0 radical (unpaired) electrons. The third kappa shape index (κ3) is 3.71. The number of carbonyl (C=O) groups excluding carboxylic acids is 2. The van der Waals surface area contributed by atoms with Crippen LogP contribution in [0.15, 0.2) is 97.5 Å². The number of Topliss-reactive ketones (excluding diaryl/α,β-unsaturated/α-hetero) is 1. The van der Waals surface area contributed by atoms with Gasteiger partial charge in [-0.3, -0.25) is 9.59 Å². The van der Waals surface area contributed by atoms with Gasteiger partial charge in [0.15, 0.2) is 11.6 Å². The van der Waals surface area contributed by atoms with Crippen LogP contribution in [-0.2, 0) is 16.1 Å². The summed E-state index contributed by atoms with van der Waals surface area (Å²) in [5.41, 5.74) is 1.74. The SMILES string of the molecule is O=C1C=C(Br)C(=O)C2=C1C(c1ccc(OCCO)cc1)C1=CCn3c(=O)n(-c4ccccc4)c(=O)n3C1C2. The molecule has 0 saturated carbocycles. The molecule has 3 aromatic rings. The van der Waals surface area contributed by atoms with Gasteiger partial charge in [-0.05, 0) is 51.3 Å². The molecule has 2 unspecified atom stereocenters. The average molecular weight is 576 g/mol. The van der Waals surface area contributed by atoms with Gasteiger partial charge in [-0.15, -0.1) is 0 Å². The van der Waals surface area contributed by atoms with Crippen LogP contribution in [0.25, 0.3) is 5.69 Å². The smallest absolute Gasteiger partial charge is 0.352 e. The number of hydrogen-bond acceptors (Lipinski definition) is 6. The number of benzene rings is 2. The highest BCUT2D eigenvalue weighted by Crippen LogP contribution is 2.50. The number of carbonyl (C=O) groups is 2. The highest BCUT2D eigenvalue weighted by Gasteiger charge is 2.45. The molecule has 192 valence electrons. The first-order valence-corrected chi connectivity index (χ1v) is 12.9. The van der Waals surface area contributed by atoms with E-state index in [4.69, 9.17) is 9.84 Å². The van der Waals surface area contributed by atoms with Gasteiger partial charge >= 0.3 is 11.4 Å². The zero-order valence-electron chi connectivity index (χ0n) is 20.0. The van der Waals surface area contributed by atoms with Crippen molar-refractivity contribution in [3.63, 3.8) is 0 Å². The summed E-state index contributed by atoms with van der Waals surface area (Å²) in [4.78, 5) is 53.6. The molecule has 38 heavy (non-hydrogen) atoms. The van der Waals surface area contributed by atoms with E-state index in [9.17, 15) is 19.2 Å². The van der Waals surface area contributed by atoms with Gasteiger partial charge < -0.3 is 9.84 Å². The van der Waals surface area contributed by atoms with E-state index in [2.05, 4.69) is 15.9 Å². The molecule has 0 spiro atoms. The standard InChI is InChI=1S/C28H22BrN3O6/c29-21-15-23(34)25-20(26(21)35)14-22-19(24(25)16-6-8-18(9-7-16)38-13-12-33)10-11-30-27(36)31(28(37)32(22)30)17-4-2-1-3-5-17/h1-10,15,22,24,33H,11-14H2. The molecule has 3 aliphatic rings. The van der Waals surface area contributed by atoms with Crippen molar-refractivity contribution in [1.29, 1.82) is 0 Å². The van der Waals surface area contributed by atoms with Crippen molar-refractivity contribution in [3.8, 4) is 11.4 Å². The highest BCUT2D eigenvalue weighted by molar-refractivity contribution is 9.12. The number of aliphatic hydroxyl groups excluding tert-OH is 1. The lowest BCUT2D eigenvalue weighted by molar-refractivity contribution is -0.115. The molecule has 0 saturated heterocycles. The van der Waals surface area contributed by atoms with Crippen molar-refractivity contribution in [3.05, 3.63) is 114 Å². The Morgan fingerprint density at radius 2 is 1.71 bits per heavy atom. The molecular weight excluding hydrogens is 554 g/mol. The number of halogens is 1. The third-order valence-electron chi connectivity index (χ3n) is 7.19. The Balaban J connectivity index is 1.52. The maximum absolute atomic E-state index is 13.7. The molecule has 1 aliphatic heterocycles. The second-order valence-corrected chi connectivity index (χ2v) is 10.1. The van der Waals surface area contributed by atoms with Gasteiger partial charge in [-0.25, -0.2) is 23.5 Å². The third-order valence-corrected chi connectivity index (χ3v) is 7.78. The van der Waals surface area contributed by atoms with Crippen molar-refractivity contribution in [2.24, 2.45) is 0 Å². The van der Waals surface area contributed by atoms with Gasteiger partial charge in [0.25, 0.3) is 0 Å². The second-order valence-electron chi connectivity index (χ2n) is 9.24.